The van der Waals surface area contributed by atoms with Crippen LogP contribution in [0, 0.1) is 6.92 Å². The van der Waals surface area contributed by atoms with Gasteiger partial charge in [-0.2, -0.15) is 4.31 Å². The number of benzene rings is 1. The topological polar surface area (TPSA) is 67.6 Å². The van der Waals surface area contributed by atoms with Crippen molar-refractivity contribution in [3.8, 4) is 11.3 Å². The van der Waals surface area contributed by atoms with Crippen LogP contribution in [0.15, 0.2) is 39.6 Å². The van der Waals surface area contributed by atoms with Gasteiger partial charge in [-0.25, -0.2) is 8.42 Å². The Morgan fingerprint density at radius 1 is 1.14 bits per heavy atom. The third-order valence-corrected chi connectivity index (χ3v) is 5.61. The molecule has 0 aliphatic rings. The maximum Gasteiger partial charge on any atom is 0.243 e. The molecule has 0 amide bonds. The number of hydrogen-bond acceptors (Lipinski definition) is 4. The van der Waals surface area contributed by atoms with Crippen LogP contribution in [0.2, 0.25) is 0 Å². The monoisotopic (exact) mass is 321 g/mol. The van der Waals surface area contributed by atoms with E-state index in [1.165, 1.54) is 4.31 Å². The van der Waals surface area contributed by atoms with Crippen LogP contribution in [0.4, 0.5) is 0 Å². The van der Waals surface area contributed by atoms with Gasteiger partial charge in [0.25, 0.3) is 0 Å². The summed E-state index contributed by atoms with van der Waals surface area (Å²) < 4.78 is 32.0. The van der Waals surface area contributed by atoms with Gasteiger partial charge in [-0.05, 0) is 36.8 Å². The van der Waals surface area contributed by atoms with Crippen molar-refractivity contribution in [1.29, 1.82) is 0 Å². The molecule has 22 heavy (non-hydrogen) atoms. The molecule has 0 atom stereocenters. The summed E-state index contributed by atoms with van der Waals surface area (Å²) >= 11 is 0. The van der Waals surface area contributed by atoms with E-state index in [1.54, 1.807) is 44.2 Å². The quantitative estimate of drug-likeness (QED) is 0.767. The first-order chi connectivity index (χ1) is 10.4. The molecule has 118 valence electrons. The van der Waals surface area contributed by atoms with Crippen LogP contribution in [0.25, 0.3) is 11.3 Å². The third-order valence-electron chi connectivity index (χ3n) is 3.56. The number of nitrogens with zero attached hydrogens (tertiary/aromatic N) is 1. The highest BCUT2D eigenvalue weighted by Gasteiger charge is 2.22. The van der Waals surface area contributed by atoms with Crippen LogP contribution in [-0.2, 0) is 10.0 Å². The molecule has 0 aliphatic heterocycles. The lowest BCUT2D eigenvalue weighted by Crippen LogP contribution is -2.30. The summed E-state index contributed by atoms with van der Waals surface area (Å²) in [6, 6.07) is 8.16. The van der Waals surface area contributed by atoms with Crippen molar-refractivity contribution in [2.45, 2.75) is 25.7 Å². The summed E-state index contributed by atoms with van der Waals surface area (Å²) in [5.41, 5.74) is 1.55. The molecule has 0 fully saturated rings. The van der Waals surface area contributed by atoms with Gasteiger partial charge in [-0.3, -0.25) is 4.79 Å². The van der Waals surface area contributed by atoms with Crippen molar-refractivity contribution in [2.75, 3.05) is 13.1 Å². The summed E-state index contributed by atoms with van der Waals surface area (Å²) in [5.74, 6) is 0.697. The van der Waals surface area contributed by atoms with Gasteiger partial charge < -0.3 is 4.42 Å². The van der Waals surface area contributed by atoms with Gasteiger partial charge in [-0.1, -0.05) is 19.9 Å². The van der Waals surface area contributed by atoms with E-state index in [9.17, 15) is 13.2 Å². The highest BCUT2D eigenvalue weighted by molar-refractivity contribution is 7.89. The molecule has 1 heterocycles. The first-order valence-electron chi connectivity index (χ1n) is 7.10. The normalized spacial score (nSPS) is 11.8. The van der Waals surface area contributed by atoms with Crippen LogP contribution < -0.4 is 0 Å². The molecule has 0 saturated heterocycles. The largest absolute Gasteiger partial charge is 0.453 e. The minimum Gasteiger partial charge on any atom is -0.453 e. The van der Waals surface area contributed by atoms with E-state index in [4.69, 9.17) is 4.42 Å². The Bertz CT molecular complexity index is 773. The zero-order valence-electron chi connectivity index (χ0n) is 12.9. The lowest BCUT2D eigenvalue weighted by atomic mass is 10.1. The van der Waals surface area contributed by atoms with Gasteiger partial charge >= 0.3 is 0 Å². The van der Waals surface area contributed by atoms with E-state index in [1.807, 2.05) is 6.92 Å². The van der Waals surface area contributed by atoms with Crippen molar-refractivity contribution < 1.29 is 17.6 Å². The molecule has 0 unspecified atom stereocenters. The van der Waals surface area contributed by atoms with Gasteiger partial charge in [0, 0.05) is 18.7 Å². The van der Waals surface area contributed by atoms with Crippen LogP contribution >= 0.6 is 0 Å². The van der Waals surface area contributed by atoms with E-state index < -0.39 is 10.0 Å². The summed E-state index contributed by atoms with van der Waals surface area (Å²) in [7, 11) is -3.53. The van der Waals surface area contributed by atoms with Crippen molar-refractivity contribution in [3.05, 3.63) is 41.7 Å². The van der Waals surface area contributed by atoms with Gasteiger partial charge in [-0.15, -0.1) is 0 Å². The van der Waals surface area contributed by atoms with E-state index in [0.717, 1.165) is 5.56 Å². The van der Waals surface area contributed by atoms with E-state index in [-0.39, 0.29) is 10.7 Å². The fraction of sp³-hybridized carbons (Fsp3) is 0.312. The number of hydrogen-bond donors (Lipinski definition) is 0. The van der Waals surface area contributed by atoms with Gasteiger partial charge in [0.1, 0.15) is 5.76 Å². The molecule has 0 aliphatic carbocycles. The average molecular weight is 321 g/mol. The zero-order chi connectivity index (χ0) is 16.3. The molecule has 6 heteroatoms. The predicted molar refractivity (Wildman–Crippen MR) is 84.4 cm³/mol. The first-order valence-corrected chi connectivity index (χ1v) is 8.54. The smallest absolute Gasteiger partial charge is 0.243 e. The highest BCUT2D eigenvalue weighted by atomic mass is 32.2. The molecule has 1 aromatic heterocycles. The summed E-state index contributed by atoms with van der Waals surface area (Å²) in [6.07, 6.45) is 0.620. The molecular weight excluding hydrogens is 302 g/mol. The number of sulfonamides is 1. The molecule has 0 N–H and O–H groups in total. The average Bonchev–Trinajstić information content (AvgIpc) is 2.97. The van der Waals surface area contributed by atoms with Crippen LogP contribution in [0.1, 0.15) is 30.0 Å². The SMILES string of the molecule is CCN(CC)S(=O)(=O)c1ccc(C)c(-c2ccc(C=O)o2)c1. The Morgan fingerprint density at radius 3 is 2.36 bits per heavy atom. The molecular formula is C16H19NO4S. The molecule has 0 bridgehead atoms. The molecule has 0 spiro atoms. The Hall–Kier alpha value is -1.92. The Balaban J connectivity index is 2.53. The number of aldehydes is 1. The standard InChI is InChI=1S/C16H19NO4S/c1-4-17(5-2)22(19,20)14-8-6-12(3)15(10-14)16-9-7-13(11-18)21-16/h6-11H,4-5H2,1-3H3. The highest BCUT2D eigenvalue weighted by Crippen LogP contribution is 2.28. The minimum absolute atomic E-state index is 0.214. The third kappa shape index (κ3) is 2.98. The molecule has 2 aromatic rings. The van der Waals surface area contributed by atoms with Crippen LogP contribution in [-0.4, -0.2) is 32.1 Å². The van der Waals surface area contributed by atoms with Gasteiger partial charge in [0.15, 0.2) is 12.0 Å². The fourth-order valence-corrected chi connectivity index (χ4v) is 3.79. The Kier molecular flexibility index (Phi) is 4.83. The molecule has 0 radical (unpaired) electrons. The fourth-order valence-electron chi connectivity index (χ4n) is 2.30. The molecule has 0 saturated carbocycles. The van der Waals surface area contributed by atoms with E-state index in [0.29, 0.717) is 30.7 Å². The summed E-state index contributed by atoms with van der Waals surface area (Å²) in [5, 5.41) is 0. The minimum atomic E-state index is -3.53. The van der Waals surface area contributed by atoms with Gasteiger partial charge in [0.2, 0.25) is 10.0 Å². The molecule has 5 nitrogen and oxygen atoms in total. The second-order valence-corrected chi connectivity index (χ2v) is 6.82. The zero-order valence-corrected chi connectivity index (χ0v) is 13.7. The van der Waals surface area contributed by atoms with Crippen molar-refractivity contribution >= 4 is 16.3 Å². The van der Waals surface area contributed by atoms with Gasteiger partial charge in [0.05, 0.1) is 4.90 Å². The second-order valence-electron chi connectivity index (χ2n) is 4.89. The summed E-state index contributed by atoms with van der Waals surface area (Å²) in [4.78, 5) is 11.0. The Morgan fingerprint density at radius 2 is 1.82 bits per heavy atom. The number of rotatable bonds is 6. The molecule has 1 aromatic carbocycles. The van der Waals surface area contributed by atoms with Crippen LogP contribution in [0.5, 0.6) is 0 Å². The summed E-state index contributed by atoms with van der Waals surface area (Å²) in [6.45, 7) is 6.31. The number of furan rings is 1. The maximum absolute atomic E-state index is 12.6. The van der Waals surface area contributed by atoms with E-state index >= 15 is 0 Å². The van der Waals surface area contributed by atoms with Crippen molar-refractivity contribution in [3.63, 3.8) is 0 Å². The maximum atomic E-state index is 12.6. The van der Waals surface area contributed by atoms with Crippen molar-refractivity contribution in [1.82, 2.24) is 4.31 Å². The first kappa shape index (κ1) is 16.5. The second kappa shape index (κ2) is 6.46. The molecule has 2 rings (SSSR count). The lowest BCUT2D eigenvalue weighted by molar-refractivity contribution is 0.110. The van der Waals surface area contributed by atoms with E-state index in [2.05, 4.69) is 0 Å². The van der Waals surface area contributed by atoms with Crippen molar-refractivity contribution in [2.24, 2.45) is 0 Å². The number of carbonyl (C=O) groups is 1. The number of aryl methyl sites for hydroxylation is 1. The Labute approximate surface area is 130 Å². The van der Waals surface area contributed by atoms with Crippen LogP contribution in [0.3, 0.4) is 0 Å². The predicted octanol–water partition coefficient (Wildman–Crippen LogP) is 3.10. The number of carbonyl (C=O) groups excluding carboxylic acids is 1. The lowest BCUT2D eigenvalue weighted by Gasteiger charge is -2.19.